The number of nitrogens with zero attached hydrogens (tertiary/aromatic N) is 1. The van der Waals surface area contributed by atoms with Crippen LogP contribution in [0.25, 0.3) is 0 Å². The Labute approximate surface area is 141 Å². The van der Waals surface area contributed by atoms with Crippen molar-refractivity contribution in [1.82, 2.24) is 4.98 Å². The van der Waals surface area contributed by atoms with E-state index < -0.39 is 11.8 Å². The second-order valence-corrected chi connectivity index (χ2v) is 5.32. The topological polar surface area (TPSA) is 97.4 Å². The average Bonchev–Trinajstić information content (AvgIpc) is 3.22. The Morgan fingerprint density at radius 1 is 1.12 bits per heavy atom. The highest BCUT2D eigenvalue weighted by molar-refractivity contribution is 6.31. The van der Waals surface area contributed by atoms with Gasteiger partial charge in [0, 0.05) is 10.7 Å². The van der Waals surface area contributed by atoms with Crippen molar-refractivity contribution in [3.05, 3.63) is 64.9 Å². The molecule has 24 heavy (non-hydrogen) atoms. The standard InChI is InChI=1S/C16H12ClN3O4/c1-9-4-5-10(17)7-11(9)18-14(21)12-8-24-16(19-12)20-15(22)13-3-2-6-23-13/h2-8H,1H3,(H,18,21)(H,19,20,22). The molecule has 0 aliphatic heterocycles. The molecule has 3 aromatic rings. The van der Waals surface area contributed by atoms with Crippen LogP contribution >= 0.6 is 11.6 Å². The van der Waals surface area contributed by atoms with Gasteiger partial charge in [0.15, 0.2) is 11.5 Å². The zero-order chi connectivity index (χ0) is 17.1. The zero-order valence-electron chi connectivity index (χ0n) is 12.5. The largest absolute Gasteiger partial charge is 0.459 e. The van der Waals surface area contributed by atoms with Crippen LogP contribution in [0, 0.1) is 6.92 Å². The summed E-state index contributed by atoms with van der Waals surface area (Å²) in [7, 11) is 0. The molecule has 2 heterocycles. The number of hydrogen-bond donors (Lipinski definition) is 2. The zero-order valence-corrected chi connectivity index (χ0v) is 13.3. The maximum absolute atomic E-state index is 12.2. The van der Waals surface area contributed by atoms with Crippen molar-refractivity contribution >= 4 is 35.1 Å². The highest BCUT2D eigenvalue weighted by atomic mass is 35.5. The number of furan rings is 1. The first kappa shape index (κ1) is 15.8. The summed E-state index contributed by atoms with van der Waals surface area (Å²) >= 11 is 5.91. The van der Waals surface area contributed by atoms with E-state index >= 15 is 0 Å². The number of amides is 2. The molecule has 0 unspecified atom stereocenters. The molecule has 1 aromatic carbocycles. The number of carbonyl (C=O) groups is 2. The quantitative estimate of drug-likeness (QED) is 0.750. The van der Waals surface area contributed by atoms with Crippen molar-refractivity contribution in [2.75, 3.05) is 10.6 Å². The Hall–Kier alpha value is -3.06. The molecule has 2 N–H and O–H groups in total. The fourth-order valence-corrected chi connectivity index (χ4v) is 2.09. The van der Waals surface area contributed by atoms with Crippen LogP contribution < -0.4 is 10.6 Å². The number of hydrogen-bond acceptors (Lipinski definition) is 5. The van der Waals surface area contributed by atoms with Gasteiger partial charge < -0.3 is 14.2 Å². The van der Waals surface area contributed by atoms with Gasteiger partial charge in [-0.15, -0.1) is 0 Å². The monoisotopic (exact) mass is 345 g/mol. The molecular weight excluding hydrogens is 334 g/mol. The fourth-order valence-electron chi connectivity index (χ4n) is 1.92. The summed E-state index contributed by atoms with van der Waals surface area (Å²) in [4.78, 5) is 27.9. The van der Waals surface area contributed by atoms with Gasteiger partial charge in [-0.2, -0.15) is 4.98 Å². The second kappa shape index (κ2) is 6.59. The van der Waals surface area contributed by atoms with Gasteiger partial charge in [-0.1, -0.05) is 17.7 Å². The van der Waals surface area contributed by atoms with Crippen LogP contribution in [0.3, 0.4) is 0 Å². The summed E-state index contributed by atoms with van der Waals surface area (Å²) in [5, 5.41) is 5.58. The van der Waals surface area contributed by atoms with Gasteiger partial charge in [-0.25, -0.2) is 0 Å². The summed E-state index contributed by atoms with van der Waals surface area (Å²) in [6, 6.07) is 8.11. The minimum absolute atomic E-state index is 0.0177. The van der Waals surface area contributed by atoms with Gasteiger partial charge in [-0.3, -0.25) is 14.9 Å². The predicted octanol–water partition coefficient (Wildman–Crippen LogP) is 3.73. The number of aromatic nitrogens is 1. The Bertz CT molecular complexity index is 887. The third-order valence-electron chi connectivity index (χ3n) is 3.15. The van der Waals surface area contributed by atoms with E-state index in [1.165, 1.54) is 12.3 Å². The van der Waals surface area contributed by atoms with Gasteiger partial charge in [-0.05, 0) is 36.8 Å². The van der Waals surface area contributed by atoms with Crippen LogP contribution in [-0.2, 0) is 0 Å². The number of oxazole rings is 1. The van der Waals surface area contributed by atoms with Crippen molar-refractivity contribution in [2.24, 2.45) is 0 Å². The van der Waals surface area contributed by atoms with Crippen molar-refractivity contribution in [3.8, 4) is 0 Å². The molecule has 7 nitrogen and oxygen atoms in total. The maximum atomic E-state index is 12.2. The number of aryl methyl sites for hydroxylation is 1. The smallest absolute Gasteiger partial charge is 0.302 e. The second-order valence-electron chi connectivity index (χ2n) is 4.88. The van der Waals surface area contributed by atoms with E-state index in [1.807, 2.05) is 6.92 Å². The van der Waals surface area contributed by atoms with Gasteiger partial charge in [0.2, 0.25) is 0 Å². The maximum Gasteiger partial charge on any atom is 0.302 e. The van der Waals surface area contributed by atoms with Gasteiger partial charge in [0.1, 0.15) is 6.26 Å². The van der Waals surface area contributed by atoms with E-state index in [2.05, 4.69) is 15.6 Å². The lowest BCUT2D eigenvalue weighted by molar-refractivity contribution is 0.0990. The molecular formula is C16H12ClN3O4. The Kier molecular flexibility index (Phi) is 4.35. The van der Waals surface area contributed by atoms with Gasteiger partial charge >= 0.3 is 6.01 Å². The number of rotatable bonds is 4. The van der Waals surface area contributed by atoms with E-state index in [0.717, 1.165) is 11.8 Å². The third-order valence-corrected chi connectivity index (χ3v) is 3.39. The molecule has 0 aliphatic carbocycles. The Morgan fingerprint density at radius 2 is 1.96 bits per heavy atom. The lowest BCUT2D eigenvalue weighted by Gasteiger charge is -2.06. The molecule has 0 saturated heterocycles. The van der Waals surface area contributed by atoms with Crippen LogP contribution in [0.4, 0.5) is 11.7 Å². The molecule has 8 heteroatoms. The summed E-state index contributed by atoms with van der Waals surface area (Å²) < 4.78 is 10.0. The number of nitrogens with one attached hydrogen (secondary N) is 2. The summed E-state index contributed by atoms with van der Waals surface area (Å²) in [5.41, 5.74) is 1.43. The third kappa shape index (κ3) is 3.47. The van der Waals surface area contributed by atoms with Gasteiger partial charge in [0.05, 0.1) is 6.26 Å². The van der Waals surface area contributed by atoms with Gasteiger partial charge in [0.25, 0.3) is 11.8 Å². The fraction of sp³-hybridized carbons (Fsp3) is 0.0625. The minimum Gasteiger partial charge on any atom is -0.459 e. The first-order valence-corrected chi connectivity index (χ1v) is 7.28. The number of anilines is 2. The molecule has 0 radical (unpaired) electrons. The molecule has 0 saturated carbocycles. The van der Waals surface area contributed by atoms with Crippen molar-refractivity contribution in [2.45, 2.75) is 6.92 Å². The molecule has 2 amide bonds. The van der Waals surface area contributed by atoms with E-state index in [-0.39, 0.29) is 17.5 Å². The van der Waals surface area contributed by atoms with E-state index in [1.54, 1.807) is 24.3 Å². The predicted molar refractivity (Wildman–Crippen MR) is 87.3 cm³/mol. The Morgan fingerprint density at radius 3 is 2.71 bits per heavy atom. The van der Waals surface area contributed by atoms with Crippen molar-refractivity contribution in [1.29, 1.82) is 0 Å². The first-order valence-electron chi connectivity index (χ1n) is 6.91. The summed E-state index contributed by atoms with van der Waals surface area (Å²) in [6.45, 7) is 1.84. The number of benzene rings is 1. The van der Waals surface area contributed by atoms with E-state index in [9.17, 15) is 9.59 Å². The number of halogens is 1. The number of carbonyl (C=O) groups excluding carboxylic acids is 2. The molecule has 0 atom stereocenters. The molecule has 2 aromatic heterocycles. The average molecular weight is 346 g/mol. The minimum atomic E-state index is -0.528. The van der Waals surface area contributed by atoms with Crippen molar-refractivity contribution < 1.29 is 18.4 Å². The molecule has 3 rings (SSSR count). The SMILES string of the molecule is Cc1ccc(Cl)cc1NC(=O)c1coc(NC(=O)c2ccco2)n1. The van der Waals surface area contributed by atoms with Crippen LogP contribution in [0.1, 0.15) is 26.6 Å². The van der Waals surface area contributed by atoms with Crippen LogP contribution in [0.2, 0.25) is 5.02 Å². The lowest BCUT2D eigenvalue weighted by atomic mass is 10.2. The molecule has 0 fully saturated rings. The van der Waals surface area contributed by atoms with E-state index in [0.29, 0.717) is 10.7 Å². The molecule has 122 valence electrons. The first-order chi connectivity index (χ1) is 11.5. The molecule has 0 spiro atoms. The summed E-state index contributed by atoms with van der Waals surface area (Å²) in [5.74, 6) is -0.907. The van der Waals surface area contributed by atoms with E-state index in [4.69, 9.17) is 20.4 Å². The highest BCUT2D eigenvalue weighted by Crippen LogP contribution is 2.21. The molecule has 0 aliphatic rings. The summed E-state index contributed by atoms with van der Waals surface area (Å²) in [6.07, 6.45) is 2.52. The van der Waals surface area contributed by atoms with Crippen molar-refractivity contribution in [3.63, 3.8) is 0 Å². The lowest BCUT2D eigenvalue weighted by Crippen LogP contribution is -2.14. The normalized spacial score (nSPS) is 10.4. The molecule has 0 bridgehead atoms. The van der Waals surface area contributed by atoms with Crippen LogP contribution in [0.15, 0.2) is 51.7 Å². The highest BCUT2D eigenvalue weighted by Gasteiger charge is 2.16. The van der Waals surface area contributed by atoms with Crippen LogP contribution in [0.5, 0.6) is 0 Å². The van der Waals surface area contributed by atoms with Crippen LogP contribution in [-0.4, -0.2) is 16.8 Å². The Balaban J connectivity index is 1.69.